The summed E-state index contributed by atoms with van der Waals surface area (Å²) in [5, 5.41) is 5.29. The first-order valence-corrected chi connectivity index (χ1v) is 42.6. The quantitative estimate of drug-likeness (QED) is 0.0298. The maximum atomic E-state index is 12.7. The molecule has 2 unspecified atom stereocenters. The summed E-state index contributed by atoms with van der Waals surface area (Å²) in [6, 6.07) is 63.7. The van der Waals surface area contributed by atoms with E-state index in [1.54, 1.807) is 233 Å². The van der Waals surface area contributed by atoms with Crippen LogP contribution in [-0.4, -0.2) is 124 Å². The predicted molar refractivity (Wildman–Crippen MR) is 507 cm³/mol. The molecule has 0 bridgehead atoms. The molecule has 7 aliphatic carbocycles. The van der Waals surface area contributed by atoms with Crippen molar-refractivity contribution in [1.29, 1.82) is 0 Å². The molecule has 684 valence electrons. The molecule has 2 atom stereocenters. The number of carbonyl (C=O) groups is 19. The second-order valence-electron chi connectivity index (χ2n) is 32.3. The molecule has 11 aromatic carbocycles. The predicted octanol–water partition coefficient (Wildman–Crippen LogP) is 17.4. The van der Waals surface area contributed by atoms with Gasteiger partial charge in [0.1, 0.15) is 31.3 Å². The fraction of sp³-hybridized carbons (Fsp3) is 0.0982. The number of rotatable bonds is 16. The topological polar surface area (TPSA) is 395 Å². The Labute approximate surface area is 789 Å². The van der Waals surface area contributed by atoms with E-state index in [-0.39, 0.29) is 157 Å². The Hall–Kier alpha value is -18.3. The zero-order chi connectivity index (χ0) is 99.5. The van der Waals surface area contributed by atoms with Gasteiger partial charge in [0, 0.05) is 150 Å². The van der Waals surface area contributed by atoms with Crippen molar-refractivity contribution >= 4 is 122 Å². The van der Waals surface area contributed by atoms with E-state index in [4.69, 9.17) is 23.7 Å². The number of nitrogens with one attached hydrogen (secondary N) is 2. The van der Waals surface area contributed by atoms with Gasteiger partial charge in [-0.2, -0.15) is 0 Å². The fourth-order valence-corrected chi connectivity index (χ4v) is 15.2. The van der Waals surface area contributed by atoms with Gasteiger partial charge in [-0.15, -0.1) is 0 Å². The molecule has 2 N–H and O–H groups in total. The molecule has 7 aliphatic rings. The first kappa shape index (κ1) is 97.2. The highest BCUT2D eigenvalue weighted by Crippen LogP contribution is 2.40. The summed E-state index contributed by atoms with van der Waals surface area (Å²) < 4.78 is 25.3. The van der Waals surface area contributed by atoms with Gasteiger partial charge in [0.15, 0.2) is 69.4 Å². The lowest BCUT2D eigenvalue weighted by Gasteiger charge is -2.29. The van der Waals surface area contributed by atoms with Crippen LogP contribution >= 0.6 is 0 Å². The molecule has 11 aromatic rings. The molecule has 2 amide bonds. The number of esters is 5. The van der Waals surface area contributed by atoms with Crippen LogP contribution in [0, 0.1) is 11.8 Å². The second-order valence-corrected chi connectivity index (χ2v) is 32.3. The van der Waals surface area contributed by atoms with Crippen LogP contribution in [0.5, 0.6) is 11.5 Å². The lowest BCUT2D eigenvalue weighted by atomic mass is 9.71. The molecule has 0 saturated heterocycles. The van der Waals surface area contributed by atoms with Gasteiger partial charge in [0.05, 0.1) is 34.2 Å². The number of hydrogen-bond donors (Lipinski definition) is 2. The molecule has 0 aromatic heterocycles. The number of anilines is 2. The average molecular weight is 1840 g/mol. The van der Waals surface area contributed by atoms with E-state index >= 15 is 0 Å². The number of fused-ring (bicyclic) bond motifs is 12. The summed E-state index contributed by atoms with van der Waals surface area (Å²) in [5.74, 6) is -7.22. The highest BCUT2D eigenvalue weighted by Gasteiger charge is 2.42. The van der Waals surface area contributed by atoms with Gasteiger partial charge in [-0.3, -0.25) is 67.1 Å². The third-order valence-corrected chi connectivity index (χ3v) is 22.2. The first-order valence-electron chi connectivity index (χ1n) is 42.6. The fourth-order valence-electron chi connectivity index (χ4n) is 15.2. The number of Topliss-reactive ketones (excluding diaryl/α,β-unsaturated/α-hetero) is 2. The Kier molecular flexibility index (Phi) is 29.3. The van der Waals surface area contributed by atoms with Gasteiger partial charge in [-0.05, 0) is 108 Å². The zero-order valence-corrected chi connectivity index (χ0v) is 75.1. The Morgan fingerprint density at radius 1 is 0.290 bits per heavy atom. The molecule has 0 aliphatic heterocycles. The van der Waals surface area contributed by atoms with Crippen LogP contribution < -0.4 is 20.1 Å². The minimum absolute atomic E-state index is 0.0299. The SMILES string of the molecule is C=C(C)C(=O)Nc1ccc2c(c1)C(=O)c1ccccc1C2=O.C=C(C)C(=O)Nc1cccc2c1C(=O)c1ccccc1C2=O.C=C(C)C(=O)OCCOC(=O)C1=CC2C(=O)c3ccccc3C(=O)C2C=C1.C=C(C)C(=O)OCc1ccc2c(c1)C(=O)c1ccccc1C2=O.C=C(C)C(=O)Oc1ccc2c(c1)C(=O)c1ccccc1C2=O.C=C(C)C(=O)Oc1cccc2c1C(=O)c1ccccc1C2=O. The molecule has 0 radical (unpaired) electrons. The number of benzene rings is 11. The lowest BCUT2D eigenvalue weighted by Crippen LogP contribution is -2.36. The van der Waals surface area contributed by atoms with E-state index in [9.17, 15) is 91.1 Å². The molecule has 18 rings (SSSR count). The Bertz CT molecular complexity index is 7070. The van der Waals surface area contributed by atoms with Crippen molar-refractivity contribution in [3.8, 4) is 11.5 Å². The van der Waals surface area contributed by atoms with Crippen LogP contribution in [-0.2, 0) is 54.4 Å². The number of ether oxygens (including phenoxy) is 5. The number of amides is 2. The van der Waals surface area contributed by atoms with Gasteiger partial charge >= 0.3 is 29.8 Å². The van der Waals surface area contributed by atoms with Crippen molar-refractivity contribution in [2.24, 2.45) is 11.8 Å². The van der Waals surface area contributed by atoms with Crippen LogP contribution in [0.4, 0.5) is 11.4 Å². The van der Waals surface area contributed by atoms with Crippen molar-refractivity contribution in [2.45, 2.75) is 48.1 Å². The zero-order valence-electron chi connectivity index (χ0n) is 75.1. The van der Waals surface area contributed by atoms with E-state index in [1.165, 1.54) is 63.3 Å². The maximum Gasteiger partial charge on any atom is 0.338 e. The molecule has 0 fully saturated rings. The normalized spacial score (nSPS) is 13.9. The van der Waals surface area contributed by atoms with Crippen LogP contribution in [0.2, 0.25) is 0 Å². The van der Waals surface area contributed by atoms with Crippen molar-refractivity contribution in [3.05, 3.63) is 461 Å². The molecular weight excluding hydrogens is 1760 g/mol. The molecule has 26 heteroatoms. The van der Waals surface area contributed by atoms with Crippen molar-refractivity contribution in [3.63, 3.8) is 0 Å². The summed E-state index contributed by atoms with van der Waals surface area (Å²) in [6.45, 7) is 30.2. The number of hydrogen-bond acceptors (Lipinski definition) is 24. The molecule has 0 saturated carbocycles. The lowest BCUT2D eigenvalue weighted by molar-refractivity contribution is -0.147. The van der Waals surface area contributed by atoms with Gasteiger partial charge in [0.2, 0.25) is 0 Å². The van der Waals surface area contributed by atoms with Crippen molar-refractivity contribution < 1.29 is 115 Å². The van der Waals surface area contributed by atoms with Crippen LogP contribution in [0.3, 0.4) is 0 Å². The minimum Gasteiger partial charge on any atom is -0.459 e. The minimum atomic E-state index is -0.721. The van der Waals surface area contributed by atoms with E-state index < -0.39 is 41.7 Å². The summed E-state index contributed by atoms with van der Waals surface area (Å²) in [7, 11) is 0. The van der Waals surface area contributed by atoms with E-state index in [2.05, 4.69) is 50.1 Å². The molecule has 26 nitrogen and oxygen atoms in total. The highest BCUT2D eigenvalue weighted by atomic mass is 16.6. The monoisotopic (exact) mass is 1840 g/mol. The van der Waals surface area contributed by atoms with Gasteiger partial charge in [0.25, 0.3) is 11.8 Å². The molecule has 0 heterocycles. The summed E-state index contributed by atoms with van der Waals surface area (Å²) in [6.07, 6.45) is 4.53. The molecule has 138 heavy (non-hydrogen) atoms. The van der Waals surface area contributed by atoms with E-state index in [1.807, 2.05) is 0 Å². The smallest absolute Gasteiger partial charge is 0.338 e. The Morgan fingerprint density at radius 3 is 1.09 bits per heavy atom. The van der Waals surface area contributed by atoms with Crippen molar-refractivity contribution in [2.75, 3.05) is 23.8 Å². The average Bonchev–Trinajstić information content (AvgIpc) is 0.774. The van der Waals surface area contributed by atoms with E-state index in [0.29, 0.717) is 134 Å². The summed E-state index contributed by atoms with van der Waals surface area (Å²) >= 11 is 0. The summed E-state index contributed by atoms with van der Waals surface area (Å²) in [4.78, 5) is 232. The molecular formula is C112H82N2O24. The number of ketones is 12. The van der Waals surface area contributed by atoms with Gasteiger partial charge in [-0.25, -0.2) is 24.0 Å². The largest absolute Gasteiger partial charge is 0.459 e. The third kappa shape index (κ3) is 20.5. The third-order valence-electron chi connectivity index (χ3n) is 22.2. The van der Waals surface area contributed by atoms with Crippen LogP contribution in [0.25, 0.3) is 0 Å². The number of carbonyl (C=O) groups excluding carboxylic acids is 19. The van der Waals surface area contributed by atoms with Crippen LogP contribution in [0.1, 0.15) is 227 Å². The summed E-state index contributed by atoms with van der Waals surface area (Å²) in [5.41, 5.74) is 10.9. The maximum absolute atomic E-state index is 12.7. The van der Waals surface area contributed by atoms with Gasteiger partial charge in [-0.1, -0.05) is 234 Å². The number of allylic oxidation sites excluding steroid dienone is 2. The second kappa shape index (κ2) is 41.6. The van der Waals surface area contributed by atoms with Gasteiger partial charge < -0.3 is 34.3 Å². The first-order chi connectivity index (χ1) is 65.9. The Balaban J connectivity index is 0.000000140. The van der Waals surface area contributed by atoms with E-state index in [0.717, 1.165) is 0 Å². The van der Waals surface area contributed by atoms with Crippen LogP contribution in [0.15, 0.2) is 333 Å². The molecule has 0 spiro atoms. The highest BCUT2D eigenvalue weighted by molar-refractivity contribution is 6.34. The Morgan fingerprint density at radius 2 is 0.630 bits per heavy atom. The van der Waals surface area contributed by atoms with Crippen molar-refractivity contribution in [1.82, 2.24) is 0 Å². The standard InChI is InChI=1S/C21H18O6.C19H14O4.2C18H13NO3.2C18H12O4/c1-12(2)20(24)26-9-10-27-21(25)13-7-8-16-17(11-13)19(23)15-6-4-3-5-14(15)18(16)22;1-11(2)19(22)23-10-12-7-8-15-16(9-12)18(21)14-6-4-3-5-13(14)17(15)20;1-10(2)18(22)19-14-9-5-8-13-15(14)17(21)12-7-4-3-6-11(12)16(13)20;1-10(2)18(22)19-11-7-8-14-15(9-11)17(21)13-6-4-3-5-12(13)16(14)20;1-10(2)18(21)22-14-9-5-8-13-15(14)17(20)12-7-4-3-6-11(12)16(13)19;1-10(2)18(21)22-11-7-8-14-15(9-11)17(20)13-6-4-3-5-12(13)16(14)19/h3-8,11,16-17H,1,9-10H2,2H3;3-9H,1,10H2,2H3;2*3-9H,1H2,2H3,(H,19,22);2*3-9H,1H2,2H3.